The molecule has 10 heteroatoms. The molecular formula is C30H34ClN5O4. The quantitative estimate of drug-likeness (QED) is 0.411. The van der Waals surface area contributed by atoms with Crippen LogP contribution in [-0.4, -0.2) is 53.3 Å². The van der Waals surface area contributed by atoms with Crippen LogP contribution in [-0.2, 0) is 11.3 Å². The largest absolute Gasteiger partial charge is 0.495 e. The second-order valence-electron chi connectivity index (χ2n) is 11.8. The normalized spacial score (nSPS) is 16.9. The number of hydrogen-bond acceptors (Lipinski definition) is 8. The van der Waals surface area contributed by atoms with Crippen molar-refractivity contribution in [2.24, 2.45) is 5.41 Å². The summed E-state index contributed by atoms with van der Waals surface area (Å²) < 4.78 is 11.0. The Morgan fingerprint density at radius 2 is 1.90 bits per heavy atom. The summed E-state index contributed by atoms with van der Waals surface area (Å²) in [6, 6.07) is 12.9. The number of amides is 1. The molecule has 2 aliphatic rings. The van der Waals surface area contributed by atoms with E-state index in [2.05, 4.69) is 21.2 Å². The van der Waals surface area contributed by atoms with Crippen LogP contribution in [0.15, 0.2) is 36.4 Å². The molecule has 1 aliphatic heterocycles. The lowest BCUT2D eigenvalue weighted by molar-refractivity contribution is -0.0464. The maximum atomic E-state index is 13.6. The molecule has 1 aliphatic carbocycles. The molecule has 0 radical (unpaired) electrons. The van der Waals surface area contributed by atoms with Gasteiger partial charge in [-0.3, -0.25) is 4.90 Å². The number of carbonyl (C=O) groups is 1. The first-order valence-electron chi connectivity index (χ1n) is 13.5. The van der Waals surface area contributed by atoms with Gasteiger partial charge in [0.2, 0.25) is 0 Å². The summed E-state index contributed by atoms with van der Waals surface area (Å²) in [5, 5.41) is 30.6. The first kappa shape index (κ1) is 27.9. The van der Waals surface area contributed by atoms with Crippen LogP contribution < -0.4 is 14.5 Å². The lowest BCUT2D eigenvalue weighted by atomic mass is 9.61. The number of nitrogens with zero attached hydrogens (tertiary/aromatic N) is 5. The Morgan fingerprint density at radius 3 is 2.50 bits per heavy atom. The smallest absolute Gasteiger partial charge is 0.416 e. The van der Waals surface area contributed by atoms with Gasteiger partial charge in [0.15, 0.2) is 11.6 Å². The summed E-state index contributed by atoms with van der Waals surface area (Å²) in [7, 11) is 1.54. The van der Waals surface area contributed by atoms with E-state index in [9.17, 15) is 15.2 Å². The number of methoxy groups -OCH3 is 1. The molecule has 1 saturated heterocycles. The molecular weight excluding hydrogens is 530 g/mol. The average Bonchev–Trinajstić information content (AvgIpc) is 2.90. The van der Waals surface area contributed by atoms with Crippen molar-refractivity contribution in [3.05, 3.63) is 52.5 Å². The molecule has 1 aromatic heterocycles. The zero-order valence-electron chi connectivity index (χ0n) is 23.3. The van der Waals surface area contributed by atoms with Gasteiger partial charge in [0, 0.05) is 23.9 Å². The van der Waals surface area contributed by atoms with E-state index in [4.69, 9.17) is 21.1 Å². The van der Waals surface area contributed by atoms with Crippen molar-refractivity contribution < 1.29 is 19.4 Å². The highest BCUT2D eigenvalue weighted by Crippen LogP contribution is 2.49. The molecule has 1 saturated carbocycles. The summed E-state index contributed by atoms with van der Waals surface area (Å²) >= 11 is 6.39. The monoisotopic (exact) mass is 563 g/mol. The van der Waals surface area contributed by atoms with Gasteiger partial charge < -0.3 is 19.5 Å². The highest BCUT2D eigenvalue weighted by atomic mass is 35.5. The molecule has 5 rings (SSSR count). The van der Waals surface area contributed by atoms with Crippen LogP contribution in [0, 0.1) is 16.7 Å². The zero-order chi connectivity index (χ0) is 28.7. The molecule has 0 atom stereocenters. The van der Waals surface area contributed by atoms with Gasteiger partial charge in [-0.15, -0.1) is 10.2 Å². The first-order chi connectivity index (χ1) is 19.0. The van der Waals surface area contributed by atoms with Crippen molar-refractivity contribution in [3.8, 4) is 11.8 Å². The Bertz CT molecular complexity index is 1470. The third kappa shape index (κ3) is 5.65. The van der Waals surface area contributed by atoms with Crippen LogP contribution in [0.1, 0.15) is 57.6 Å². The van der Waals surface area contributed by atoms with E-state index in [1.165, 1.54) is 4.90 Å². The van der Waals surface area contributed by atoms with Crippen LogP contribution in [0.25, 0.3) is 10.8 Å². The third-order valence-electron chi connectivity index (χ3n) is 7.76. The number of fused-ring (bicyclic) bond motifs is 1. The van der Waals surface area contributed by atoms with Crippen molar-refractivity contribution in [1.82, 2.24) is 10.2 Å². The number of benzene rings is 2. The molecule has 1 N–H and O–H groups in total. The average molecular weight is 564 g/mol. The molecule has 210 valence electrons. The number of aromatic nitrogens is 2. The van der Waals surface area contributed by atoms with Crippen molar-refractivity contribution in [1.29, 1.82) is 5.26 Å². The Labute approximate surface area is 239 Å². The maximum Gasteiger partial charge on any atom is 0.416 e. The summed E-state index contributed by atoms with van der Waals surface area (Å²) in [4.78, 5) is 17.2. The van der Waals surface area contributed by atoms with Gasteiger partial charge in [-0.1, -0.05) is 17.7 Å². The molecule has 0 unspecified atom stereocenters. The van der Waals surface area contributed by atoms with Crippen molar-refractivity contribution >= 4 is 40.1 Å². The first-order valence-corrected chi connectivity index (χ1v) is 13.9. The lowest BCUT2D eigenvalue weighted by Crippen LogP contribution is -2.49. The van der Waals surface area contributed by atoms with Crippen LogP contribution in [0.3, 0.4) is 0 Å². The molecule has 1 spiro atoms. The topological polar surface area (TPSA) is 112 Å². The minimum absolute atomic E-state index is 0.118. The molecule has 2 fully saturated rings. The maximum absolute atomic E-state index is 13.6. The van der Waals surface area contributed by atoms with Gasteiger partial charge >= 0.3 is 6.09 Å². The molecule has 3 aromatic rings. The molecule has 2 aromatic carbocycles. The number of piperidine rings is 1. The number of ether oxygens (including phenoxy) is 2. The number of nitriles is 1. The lowest BCUT2D eigenvalue weighted by Gasteiger charge is -2.50. The third-order valence-corrected chi connectivity index (χ3v) is 8.05. The fourth-order valence-corrected chi connectivity index (χ4v) is 5.98. The number of aliphatic hydroxyl groups excluding tert-OH is 1. The predicted octanol–water partition coefficient (Wildman–Crippen LogP) is 5.85. The van der Waals surface area contributed by atoms with Crippen LogP contribution in [0.2, 0.25) is 5.02 Å². The second-order valence-corrected chi connectivity index (χ2v) is 12.2. The van der Waals surface area contributed by atoms with Crippen molar-refractivity contribution in [2.75, 3.05) is 30.0 Å². The molecule has 0 bridgehead atoms. The molecule has 40 heavy (non-hydrogen) atoms. The summed E-state index contributed by atoms with van der Waals surface area (Å²) in [5.74, 6) is 1.55. The number of carbonyl (C=O) groups excluding carboxylic acids is 1. The number of rotatable bonds is 5. The van der Waals surface area contributed by atoms with Gasteiger partial charge in [-0.25, -0.2) is 4.79 Å². The minimum Gasteiger partial charge on any atom is -0.495 e. The van der Waals surface area contributed by atoms with E-state index in [1.54, 1.807) is 52.1 Å². The van der Waals surface area contributed by atoms with E-state index < -0.39 is 11.7 Å². The van der Waals surface area contributed by atoms with Crippen molar-refractivity contribution in [3.63, 3.8) is 0 Å². The van der Waals surface area contributed by atoms with Crippen LogP contribution in [0.4, 0.5) is 16.4 Å². The van der Waals surface area contributed by atoms with E-state index in [1.807, 2.05) is 12.1 Å². The highest BCUT2D eigenvalue weighted by molar-refractivity contribution is 6.32. The van der Waals surface area contributed by atoms with Gasteiger partial charge in [-0.2, -0.15) is 5.26 Å². The zero-order valence-corrected chi connectivity index (χ0v) is 24.0. The van der Waals surface area contributed by atoms with E-state index in [0.29, 0.717) is 27.5 Å². The molecule has 2 heterocycles. The Balaban J connectivity index is 1.55. The highest BCUT2D eigenvalue weighted by Gasteiger charge is 2.45. The van der Waals surface area contributed by atoms with Gasteiger partial charge in [-0.05, 0) is 87.8 Å². The summed E-state index contributed by atoms with van der Waals surface area (Å²) in [5.41, 5.74) is 0.675. The van der Waals surface area contributed by atoms with E-state index in [0.717, 1.165) is 55.5 Å². The van der Waals surface area contributed by atoms with Gasteiger partial charge in [0.05, 0.1) is 36.4 Å². The van der Waals surface area contributed by atoms with Crippen LogP contribution in [0.5, 0.6) is 5.75 Å². The summed E-state index contributed by atoms with van der Waals surface area (Å²) in [6.07, 6.45) is 2.90. The minimum atomic E-state index is -0.743. The molecule has 1 amide bonds. The van der Waals surface area contributed by atoms with Crippen LogP contribution >= 0.6 is 11.6 Å². The predicted molar refractivity (Wildman–Crippen MR) is 154 cm³/mol. The van der Waals surface area contributed by atoms with E-state index in [-0.39, 0.29) is 18.1 Å². The molecule has 9 nitrogen and oxygen atoms in total. The Morgan fingerprint density at radius 1 is 1.18 bits per heavy atom. The number of aliphatic hydroxyl groups is 1. The van der Waals surface area contributed by atoms with Gasteiger partial charge in [0.1, 0.15) is 11.4 Å². The number of anilines is 2. The fraction of sp³-hybridized carbons (Fsp3) is 0.467. The fourth-order valence-electron chi connectivity index (χ4n) is 5.70. The summed E-state index contributed by atoms with van der Waals surface area (Å²) in [6.45, 7) is 7.13. The standard InChI is InChI=1S/C30H34ClN5O4/c1-29(2,3)40-28(38)36(18-20-6-8-25(39-4)24(31)14-20)27-23-13-19(17-32)5-7-22(23)26(33-34-27)35-11-9-30(10-12-35)15-21(37)16-30/h5-8,13-14,21,37H,9-12,15-16,18H2,1-4H3. The number of halogens is 1. The van der Waals surface area contributed by atoms with Crippen molar-refractivity contribution in [2.45, 2.75) is 64.7 Å². The Hall–Kier alpha value is -3.61. The SMILES string of the molecule is COc1ccc(CN(C(=O)OC(C)(C)C)c2nnc(N3CCC4(CC3)CC(O)C4)c3ccc(C#N)cc23)cc1Cl. The van der Waals surface area contributed by atoms with Gasteiger partial charge in [0.25, 0.3) is 0 Å². The Kier molecular flexibility index (Phi) is 7.51. The van der Waals surface area contributed by atoms with E-state index >= 15 is 0 Å². The number of hydrogen-bond donors (Lipinski definition) is 1. The second kappa shape index (κ2) is 10.8.